The Balaban J connectivity index is 2.07. The molecule has 0 aromatic heterocycles. The Hall–Kier alpha value is -0.120. The maximum absolute atomic E-state index is 8.61. The Morgan fingerprint density at radius 3 is 2.47 bits per heavy atom. The summed E-state index contributed by atoms with van der Waals surface area (Å²) in [6.45, 7) is 2.43. The van der Waals surface area contributed by atoms with Crippen LogP contribution in [0.1, 0.15) is 12.0 Å². The Kier molecular flexibility index (Phi) is 6.98. The van der Waals surface area contributed by atoms with Crippen LogP contribution in [0.15, 0.2) is 29.2 Å². The highest BCUT2D eigenvalue weighted by Gasteiger charge is 1.94. The second-order valence-electron chi connectivity index (χ2n) is 3.35. The van der Waals surface area contributed by atoms with Crippen LogP contribution >= 0.6 is 23.5 Å². The number of rotatable bonds is 7. The molecule has 15 heavy (non-hydrogen) atoms. The van der Waals surface area contributed by atoms with Crippen LogP contribution in [0, 0.1) is 6.92 Å². The minimum Gasteiger partial charge on any atom is -0.396 e. The van der Waals surface area contributed by atoms with Gasteiger partial charge in [0.15, 0.2) is 0 Å². The summed E-state index contributed by atoms with van der Waals surface area (Å²) in [6.07, 6.45) is 0.917. The molecule has 0 radical (unpaired) electrons. The summed E-state index contributed by atoms with van der Waals surface area (Å²) < 4.78 is 0. The maximum Gasteiger partial charge on any atom is 0.0438 e. The van der Waals surface area contributed by atoms with Crippen molar-refractivity contribution >= 4 is 23.5 Å². The van der Waals surface area contributed by atoms with Gasteiger partial charge in [-0.2, -0.15) is 11.8 Å². The summed E-state index contributed by atoms with van der Waals surface area (Å²) in [5.41, 5.74) is 1.32. The number of aliphatic hydroxyl groups excluding tert-OH is 1. The zero-order chi connectivity index (χ0) is 10.9. The lowest BCUT2D eigenvalue weighted by Crippen LogP contribution is -1.89. The average Bonchev–Trinajstić information content (AvgIpc) is 2.26. The van der Waals surface area contributed by atoms with Crippen molar-refractivity contribution in [2.45, 2.75) is 18.2 Å². The van der Waals surface area contributed by atoms with E-state index in [-0.39, 0.29) is 0 Å². The van der Waals surface area contributed by atoms with Gasteiger partial charge in [-0.05, 0) is 31.2 Å². The summed E-state index contributed by atoms with van der Waals surface area (Å²) in [4.78, 5) is 1.35. The number of benzene rings is 1. The van der Waals surface area contributed by atoms with Gasteiger partial charge in [-0.25, -0.2) is 0 Å². The van der Waals surface area contributed by atoms with Gasteiger partial charge < -0.3 is 5.11 Å². The average molecular weight is 242 g/mol. The molecular weight excluding hydrogens is 224 g/mol. The Morgan fingerprint density at radius 2 is 1.80 bits per heavy atom. The molecule has 0 amide bonds. The monoisotopic (exact) mass is 242 g/mol. The summed E-state index contributed by atoms with van der Waals surface area (Å²) in [5.74, 6) is 3.39. The summed E-state index contributed by atoms with van der Waals surface area (Å²) in [5, 5.41) is 8.61. The molecule has 0 atom stereocenters. The quantitative estimate of drug-likeness (QED) is 0.586. The third-order valence-electron chi connectivity index (χ3n) is 1.96. The highest BCUT2D eigenvalue weighted by Crippen LogP contribution is 2.19. The zero-order valence-corrected chi connectivity index (χ0v) is 10.7. The lowest BCUT2D eigenvalue weighted by atomic mass is 10.2. The smallest absolute Gasteiger partial charge is 0.0438 e. The largest absolute Gasteiger partial charge is 0.396 e. The molecule has 84 valence electrons. The third kappa shape index (κ3) is 6.13. The molecule has 0 unspecified atom stereocenters. The van der Waals surface area contributed by atoms with Crippen LogP contribution in [0.25, 0.3) is 0 Å². The van der Waals surface area contributed by atoms with Crippen LogP contribution in [0.4, 0.5) is 0 Å². The summed E-state index contributed by atoms with van der Waals surface area (Å²) in [6, 6.07) is 8.67. The van der Waals surface area contributed by atoms with Crippen LogP contribution in [0.3, 0.4) is 0 Å². The van der Waals surface area contributed by atoms with Crippen molar-refractivity contribution in [3.63, 3.8) is 0 Å². The highest BCUT2D eigenvalue weighted by atomic mass is 32.2. The van der Waals surface area contributed by atoms with E-state index >= 15 is 0 Å². The van der Waals surface area contributed by atoms with E-state index in [1.165, 1.54) is 16.2 Å². The van der Waals surface area contributed by atoms with Crippen molar-refractivity contribution in [1.82, 2.24) is 0 Å². The van der Waals surface area contributed by atoms with Crippen LogP contribution < -0.4 is 0 Å². The van der Waals surface area contributed by atoms with Gasteiger partial charge in [-0.1, -0.05) is 17.7 Å². The number of hydrogen-bond donors (Lipinski definition) is 1. The second-order valence-corrected chi connectivity index (χ2v) is 5.74. The molecule has 0 saturated carbocycles. The van der Waals surface area contributed by atoms with E-state index in [1.54, 1.807) is 0 Å². The molecule has 0 aliphatic rings. The Bertz CT molecular complexity index is 259. The summed E-state index contributed by atoms with van der Waals surface area (Å²) in [7, 11) is 0. The van der Waals surface area contributed by atoms with Crippen LogP contribution in [0.5, 0.6) is 0 Å². The van der Waals surface area contributed by atoms with Crippen molar-refractivity contribution in [1.29, 1.82) is 0 Å². The van der Waals surface area contributed by atoms with E-state index in [0.29, 0.717) is 6.61 Å². The van der Waals surface area contributed by atoms with Gasteiger partial charge >= 0.3 is 0 Å². The molecule has 0 spiro atoms. The fraction of sp³-hybridized carbons (Fsp3) is 0.500. The number of aryl methyl sites for hydroxylation is 1. The highest BCUT2D eigenvalue weighted by molar-refractivity contribution is 8.02. The molecule has 0 aliphatic carbocycles. The first-order chi connectivity index (χ1) is 7.33. The van der Waals surface area contributed by atoms with Gasteiger partial charge in [0.25, 0.3) is 0 Å². The van der Waals surface area contributed by atoms with E-state index < -0.39 is 0 Å². The molecule has 0 aliphatic heterocycles. The SMILES string of the molecule is Cc1ccc(SCCSCCCO)cc1. The molecule has 1 aromatic carbocycles. The molecule has 1 aromatic rings. The van der Waals surface area contributed by atoms with Crippen LogP contribution in [0.2, 0.25) is 0 Å². The van der Waals surface area contributed by atoms with Gasteiger partial charge in [0.05, 0.1) is 0 Å². The normalized spacial score (nSPS) is 10.5. The van der Waals surface area contributed by atoms with E-state index in [2.05, 4.69) is 31.2 Å². The lowest BCUT2D eigenvalue weighted by Gasteiger charge is -2.02. The summed E-state index contributed by atoms with van der Waals surface area (Å²) >= 11 is 3.82. The van der Waals surface area contributed by atoms with E-state index in [4.69, 9.17) is 5.11 Å². The van der Waals surface area contributed by atoms with Gasteiger partial charge in [0.2, 0.25) is 0 Å². The number of aliphatic hydroxyl groups is 1. The molecule has 0 fully saturated rings. The molecule has 0 heterocycles. The van der Waals surface area contributed by atoms with Crippen LogP contribution in [-0.4, -0.2) is 29.0 Å². The van der Waals surface area contributed by atoms with E-state index in [0.717, 1.165) is 17.9 Å². The van der Waals surface area contributed by atoms with Gasteiger partial charge in [0.1, 0.15) is 0 Å². The minimum atomic E-state index is 0.318. The zero-order valence-electron chi connectivity index (χ0n) is 9.11. The van der Waals surface area contributed by atoms with Crippen molar-refractivity contribution in [2.24, 2.45) is 0 Å². The number of hydrogen-bond acceptors (Lipinski definition) is 3. The molecular formula is C12H18OS2. The molecule has 3 heteroatoms. The minimum absolute atomic E-state index is 0.318. The fourth-order valence-corrected chi connectivity index (χ4v) is 3.03. The fourth-order valence-electron chi connectivity index (χ4n) is 1.12. The molecule has 1 nitrogen and oxygen atoms in total. The van der Waals surface area contributed by atoms with Crippen molar-refractivity contribution < 1.29 is 5.11 Å². The molecule has 0 saturated heterocycles. The van der Waals surface area contributed by atoms with Crippen molar-refractivity contribution in [3.8, 4) is 0 Å². The molecule has 0 bridgehead atoms. The van der Waals surface area contributed by atoms with Gasteiger partial charge in [-0.15, -0.1) is 11.8 Å². The van der Waals surface area contributed by atoms with Crippen molar-refractivity contribution in [2.75, 3.05) is 23.9 Å². The first-order valence-electron chi connectivity index (χ1n) is 5.21. The standard InChI is InChI=1S/C12H18OS2/c1-11-3-5-12(6-4-11)15-10-9-14-8-2-7-13/h3-6,13H,2,7-10H2,1H3. The van der Waals surface area contributed by atoms with E-state index in [9.17, 15) is 0 Å². The molecule has 1 rings (SSSR count). The first-order valence-corrected chi connectivity index (χ1v) is 7.35. The molecule has 1 N–H and O–H groups in total. The van der Waals surface area contributed by atoms with Crippen LogP contribution in [-0.2, 0) is 0 Å². The second kappa shape index (κ2) is 8.08. The third-order valence-corrected chi connectivity index (χ3v) is 4.31. The van der Waals surface area contributed by atoms with E-state index in [1.807, 2.05) is 23.5 Å². The van der Waals surface area contributed by atoms with Gasteiger partial charge in [-0.3, -0.25) is 0 Å². The number of thioether (sulfide) groups is 2. The maximum atomic E-state index is 8.61. The topological polar surface area (TPSA) is 20.2 Å². The first kappa shape index (κ1) is 12.9. The predicted octanol–water partition coefficient (Wildman–Crippen LogP) is 3.20. The predicted molar refractivity (Wildman–Crippen MR) is 70.9 cm³/mol. The Morgan fingerprint density at radius 1 is 1.07 bits per heavy atom. The Labute approximate surface area is 101 Å². The van der Waals surface area contributed by atoms with Crippen molar-refractivity contribution in [3.05, 3.63) is 29.8 Å². The lowest BCUT2D eigenvalue weighted by molar-refractivity contribution is 0.296. The van der Waals surface area contributed by atoms with Gasteiger partial charge in [0, 0.05) is 23.0 Å².